The Labute approximate surface area is 170 Å². The maximum Gasteiger partial charge on any atom is 0.345 e. The molecule has 0 spiro atoms. The standard InChI is InChI=1S/C20H15ClN2O6/c1-11-13-5-3-4-6-15(13)22-16(18(11)20(25)28-2)10-29-19(24)14-9-12(21)7-8-17(14)23(26)27/h3-9H,10H2,1-2H3. The molecule has 29 heavy (non-hydrogen) atoms. The number of benzene rings is 2. The minimum absolute atomic E-state index is 0.150. The summed E-state index contributed by atoms with van der Waals surface area (Å²) in [6, 6.07) is 10.8. The number of pyridine rings is 1. The number of nitro groups is 1. The van der Waals surface area contributed by atoms with E-state index in [1.807, 2.05) is 12.1 Å². The van der Waals surface area contributed by atoms with Crippen molar-refractivity contribution in [2.24, 2.45) is 0 Å². The Bertz CT molecular complexity index is 1150. The van der Waals surface area contributed by atoms with Crippen LogP contribution in [0, 0.1) is 17.0 Å². The molecule has 0 bridgehead atoms. The first kappa shape index (κ1) is 20.2. The second-order valence-electron chi connectivity index (χ2n) is 6.06. The molecule has 0 fully saturated rings. The van der Waals surface area contributed by atoms with Crippen LogP contribution in [-0.2, 0) is 16.1 Å². The van der Waals surface area contributed by atoms with Gasteiger partial charge in [-0.1, -0.05) is 29.8 Å². The van der Waals surface area contributed by atoms with Crippen molar-refractivity contribution in [3.8, 4) is 0 Å². The van der Waals surface area contributed by atoms with Crippen LogP contribution in [0.1, 0.15) is 32.0 Å². The largest absolute Gasteiger partial charge is 0.465 e. The lowest BCUT2D eigenvalue weighted by molar-refractivity contribution is -0.385. The van der Waals surface area contributed by atoms with Crippen molar-refractivity contribution in [3.05, 3.63) is 80.0 Å². The molecule has 3 aromatic rings. The van der Waals surface area contributed by atoms with Gasteiger partial charge in [0.25, 0.3) is 5.69 Å². The van der Waals surface area contributed by atoms with Crippen molar-refractivity contribution in [1.29, 1.82) is 0 Å². The molecule has 0 N–H and O–H groups in total. The van der Waals surface area contributed by atoms with Gasteiger partial charge in [0.1, 0.15) is 12.2 Å². The fraction of sp³-hybridized carbons (Fsp3) is 0.150. The minimum atomic E-state index is -0.956. The van der Waals surface area contributed by atoms with Crippen LogP contribution < -0.4 is 0 Å². The highest BCUT2D eigenvalue weighted by atomic mass is 35.5. The van der Waals surface area contributed by atoms with Crippen LogP contribution in [0.25, 0.3) is 10.9 Å². The highest BCUT2D eigenvalue weighted by molar-refractivity contribution is 6.31. The van der Waals surface area contributed by atoms with Crippen LogP contribution >= 0.6 is 11.6 Å². The van der Waals surface area contributed by atoms with Crippen LogP contribution in [0.4, 0.5) is 5.69 Å². The van der Waals surface area contributed by atoms with Crippen molar-refractivity contribution >= 4 is 40.1 Å². The van der Waals surface area contributed by atoms with E-state index >= 15 is 0 Å². The zero-order valence-corrected chi connectivity index (χ0v) is 16.2. The summed E-state index contributed by atoms with van der Waals surface area (Å²) in [5.41, 5.74) is 0.875. The molecule has 9 heteroatoms. The van der Waals surface area contributed by atoms with Crippen LogP contribution in [0.2, 0.25) is 5.02 Å². The molecule has 0 aliphatic carbocycles. The van der Waals surface area contributed by atoms with Crippen LogP contribution in [0.5, 0.6) is 0 Å². The third-order valence-corrected chi connectivity index (χ3v) is 4.57. The van der Waals surface area contributed by atoms with E-state index in [9.17, 15) is 19.7 Å². The van der Waals surface area contributed by atoms with Gasteiger partial charge in [-0.05, 0) is 30.7 Å². The number of rotatable bonds is 5. The van der Waals surface area contributed by atoms with Gasteiger partial charge >= 0.3 is 11.9 Å². The number of fused-ring (bicyclic) bond motifs is 1. The first-order valence-electron chi connectivity index (χ1n) is 8.41. The number of hydrogen-bond acceptors (Lipinski definition) is 7. The van der Waals surface area contributed by atoms with Crippen molar-refractivity contribution < 1.29 is 24.0 Å². The van der Waals surface area contributed by atoms with Gasteiger partial charge in [0.15, 0.2) is 0 Å². The summed E-state index contributed by atoms with van der Waals surface area (Å²) >= 11 is 5.85. The zero-order chi connectivity index (χ0) is 21.1. The molecule has 148 valence electrons. The number of halogens is 1. The maximum atomic E-state index is 12.5. The van der Waals surface area contributed by atoms with Gasteiger partial charge in [-0.2, -0.15) is 0 Å². The number of hydrogen-bond donors (Lipinski definition) is 0. The third kappa shape index (κ3) is 4.02. The van der Waals surface area contributed by atoms with Gasteiger partial charge in [-0.25, -0.2) is 14.6 Å². The van der Waals surface area contributed by atoms with Gasteiger partial charge in [-0.3, -0.25) is 10.1 Å². The molecule has 0 saturated heterocycles. The van der Waals surface area contributed by atoms with Crippen molar-refractivity contribution in [1.82, 2.24) is 4.98 Å². The lowest BCUT2D eigenvalue weighted by Gasteiger charge is -2.13. The molecular weight excluding hydrogens is 400 g/mol. The zero-order valence-electron chi connectivity index (χ0n) is 15.5. The van der Waals surface area contributed by atoms with Crippen molar-refractivity contribution in [3.63, 3.8) is 0 Å². The van der Waals surface area contributed by atoms with E-state index in [0.717, 1.165) is 17.5 Å². The second-order valence-corrected chi connectivity index (χ2v) is 6.50. The molecule has 2 aromatic carbocycles. The lowest BCUT2D eigenvalue weighted by Crippen LogP contribution is -2.14. The second kappa shape index (κ2) is 8.24. The Morgan fingerprint density at radius 1 is 1.17 bits per heavy atom. The number of carbonyl (C=O) groups is 2. The molecule has 1 heterocycles. The van der Waals surface area contributed by atoms with E-state index in [2.05, 4.69) is 4.98 Å². The van der Waals surface area contributed by atoms with Crippen LogP contribution in [0.15, 0.2) is 42.5 Å². The molecule has 8 nitrogen and oxygen atoms in total. The SMILES string of the molecule is COC(=O)c1c(COC(=O)c2cc(Cl)ccc2[N+](=O)[O-])nc2ccccc2c1C. The number of nitro benzene ring substituents is 1. The average molecular weight is 415 g/mol. The summed E-state index contributed by atoms with van der Waals surface area (Å²) in [5, 5.41) is 12.1. The number of aromatic nitrogens is 1. The Morgan fingerprint density at radius 2 is 1.90 bits per heavy atom. The van der Waals surface area contributed by atoms with Gasteiger partial charge in [0, 0.05) is 16.5 Å². The van der Waals surface area contributed by atoms with Gasteiger partial charge in [0.2, 0.25) is 0 Å². The van der Waals surface area contributed by atoms with Crippen molar-refractivity contribution in [2.75, 3.05) is 7.11 Å². The summed E-state index contributed by atoms with van der Waals surface area (Å²) < 4.78 is 10.1. The first-order chi connectivity index (χ1) is 13.8. The quantitative estimate of drug-likeness (QED) is 0.348. The molecule has 0 radical (unpaired) electrons. The van der Waals surface area contributed by atoms with Gasteiger partial charge in [0.05, 0.1) is 28.8 Å². The Balaban J connectivity index is 1.99. The molecular formula is C20H15ClN2O6. The highest BCUT2D eigenvalue weighted by Gasteiger charge is 2.24. The molecule has 0 amide bonds. The average Bonchev–Trinajstić information content (AvgIpc) is 2.71. The lowest BCUT2D eigenvalue weighted by atomic mass is 10.0. The molecule has 0 unspecified atom stereocenters. The predicted molar refractivity (Wildman–Crippen MR) is 105 cm³/mol. The molecule has 0 saturated carbocycles. The highest BCUT2D eigenvalue weighted by Crippen LogP contribution is 2.26. The number of esters is 2. The van der Waals surface area contributed by atoms with Crippen LogP contribution in [-0.4, -0.2) is 29.0 Å². The van der Waals surface area contributed by atoms with E-state index in [4.69, 9.17) is 21.1 Å². The van der Waals surface area contributed by atoms with E-state index in [1.165, 1.54) is 13.2 Å². The monoisotopic (exact) mass is 414 g/mol. The number of ether oxygens (including phenoxy) is 2. The molecule has 0 aliphatic rings. The number of aryl methyl sites for hydroxylation is 1. The summed E-state index contributed by atoms with van der Waals surface area (Å²) in [5.74, 6) is -1.58. The van der Waals surface area contributed by atoms with Crippen LogP contribution in [0.3, 0.4) is 0 Å². The molecule has 0 aliphatic heterocycles. The summed E-state index contributed by atoms with van der Waals surface area (Å²) in [6.45, 7) is 1.36. The van der Waals surface area contributed by atoms with E-state index in [-0.39, 0.29) is 28.5 Å². The topological polar surface area (TPSA) is 109 Å². The van der Waals surface area contributed by atoms with E-state index < -0.39 is 22.5 Å². The fourth-order valence-corrected chi connectivity index (χ4v) is 3.13. The minimum Gasteiger partial charge on any atom is -0.465 e. The number of nitrogens with zero attached hydrogens (tertiary/aromatic N) is 2. The third-order valence-electron chi connectivity index (χ3n) is 4.33. The van der Waals surface area contributed by atoms with Crippen molar-refractivity contribution in [2.45, 2.75) is 13.5 Å². The normalized spacial score (nSPS) is 10.6. The Hall–Kier alpha value is -3.52. The fourth-order valence-electron chi connectivity index (χ4n) is 2.96. The Kier molecular flexibility index (Phi) is 5.74. The predicted octanol–water partition coefficient (Wildman–Crippen LogP) is 4.25. The molecule has 3 rings (SSSR count). The number of para-hydroxylation sites is 1. The Morgan fingerprint density at radius 3 is 2.59 bits per heavy atom. The van der Waals surface area contributed by atoms with E-state index in [0.29, 0.717) is 11.1 Å². The summed E-state index contributed by atoms with van der Waals surface area (Å²) in [7, 11) is 1.24. The van der Waals surface area contributed by atoms with Gasteiger partial charge < -0.3 is 9.47 Å². The number of carbonyl (C=O) groups excluding carboxylic acids is 2. The van der Waals surface area contributed by atoms with E-state index in [1.54, 1.807) is 19.1 Å². The molecule has 0 atom stereocenters. The van der Waals surface area contributed by atoms with Gasteiger partial charge in [-0.15, -0.1) is 0 Å². The number of methoxy groups -OCH3 is 1. The smallest absolute Gasteiger partial charge is 0.345 e. The summed E-state index contributed by atoms with van der Waals surface area (Å²) in [4.78, 5) is 39.6. The first-order valence-corrected chi connectivity index (χ1v) is 8.79. The maximum absolute atomic E-state index is 12.5. The summed E-state index contributed by atoms with van der Waals surface area (Å²) in [6.07, 6.45) is 0. The molecule has 1 aromatic heterocycles.